The minimum atomic E-state index is -0.523. The molecule has 0 unspecified atom stereocenters. The van der Waals surface area contributed by atoms with Gasteiger partial charge in [-0.3, -0.25) is 14.9 Å². The smallest absolute Gasteiger partial charge is 0.294 e. The lowest BCUT2D eigenvalue weighted by Gasteiger charge is -2.10. The number of amides is 1. The van der Waals surface area contributed by atoms with Crippen molar-refractivity contribution in [3.05, 3.63) is 46.5 Å². The fourth-order valence-electron chi connectivity index (χ4n) is 1.81. The lowest BCUT2D eigenvalue weighted by atomic mass is 10.1. The molecule has 0 aliphatic carbocycles. The van der Waals surface area contributed by atoms with Gasteiger partial charge in [0.2, 0.25) is 5.91 Å². The summed E-state index contributed by atoms with van der Waals surface area (Å²) < 4.78 is 1.68. The molecule has 19 heavy (non-hydrogen) atoms. The summed E-state index contributed by atoms with van der Waals surface area (Å²) in [6, 6.07) is 3.00. The van der Waals surface area contributed by atoms with Crippen LogP contribution in [0.1, 0.15) is 12.5 Å². The second-order valence-corrected chi connectivity index (χ2v) is 4.06. The van der Waals surface area contributed by atoms with E-state index in [9.17, 15) is 14.9 Å². The van der Waals surface area contributed by atoms with E-state index < -0.39 is 4.92 Å². The van der Waals surface area contributed by atoms with E-state index in [1.807, 2.05) is 6.92 Å². The molecule has 2 aromatic rings. The lowest BCUT2D eigenvalue weighted by molar-refractivity contribution is -0.383. The zero-order valence-electron chi connectivity index (χ0n) is 10.5. The average molecular weight is 260 g/mol. The number of carbonyl (C=O) groups excluding carboxylic acids is 1. The molecule has 1 aromatic carbocycles. The monoisotopic (exact) mass is 260 g/mol. The van der Waals surface area contributed by atoms with Gasteiger partial charge < -0.3 is 9.88 Å². The molecule has 7 heteroatoms. The van der Waals surface area contributed by atoms with E-state index in [4.69, 9.17) is 0 Å². The summed E-state index contributed by atoms with van der Waals surface area (Å²) in [4.78, 5) is 25.5. The molecule has 0 saturated carbocycles. The number of nitrogens with one attached hydrogen (secondary N) is 1. The van der Waals surface area contributed by atoms with Gasteiger partial charge in [-0.15, -0.1) is 0 Å². The average Bonchev–Trinajstić information content (AvgIpc) is 2.81. The highest BCUT2D eigenvalue weighted by Crippen LogP contribution is 2.30. The summed E-state index contributed by atoms with van der Waals surface area (Å²) in [5.74, 6) is -0.349. The van der Waals surface area contributed by atoms with E-state index in [2.05, 4.69) is 10.3 Å². The summed E-state index contributed by atoms with van der Waals surface area (Å²) in [5.41, 5.74) is 1.49. The Morgan fingerprint density at radius 2 is 2.21 bits per heavy atom. The third kappa shape index (κ3) is 2.59. The van der Waals surface area contributed by atoms with Gasteiger partial charge in [-0.25, -0.2) is 4.98 Å². The van der Waals surface area contributed by atoms with Crippen molar-refractivity contribution in [3.8, 4) is 5.69 Å². The predicted molar refractivity (Wildman–Crippen MR) is 69.3 cm³/mol. The molecule has 0 bridgehead atoms. The van der Waals surface area contributed by atoms with Gasteiger partial charge in [-0.2, -0.15) is 0 Å². The molecule has 1 amide bonds. The summed E-state index contributed by atoms with van der Waals surface area (Å²) in [6.07, 6.45) is 4.85. The fraction of sp³-hybridized carbons (Fsp3) is 0.167. The van der Waals surface area contributed by atoms with Gasteiger partial charge in [0.25, 0.3) is 5.69 Å². The molecule has 7 nitrogen and oxygen atoms in total. The van der Waals surface area contributed by atoms with E-state index >= 15 is 0 Å². The van der Waals surface area contributed by atoms with Crippen LogP contribution in [-0.4, -0.2) is 20.4 Å². The van der Waals surface area contributed by atoms with Crippen LogP contribution < -0.4 is 5.32 Å². The van der Waals surface area contributed by atoms with Crippen molar-refractivity contribution in [1.82, 2.24) is 9.55 Å². The third-order valence-corrected chi connectivity index (χ3v) is 2.60. The predicted octanol–water partition coefficient (Wildman–Crippen LogP) is 2.05. The van der Waals surface area contributed by atoms with Crippen LogP contribution in [0.4, 0.5) is 11.4 Å². The van der Waals surface area contributed by atoms with E-state index in [1.165, 1.54) is 13.0 Å². The first-order valence-electron chi connectivity index (χ1n) is 5.54. The Bertz CT molecular complexity index is 635. The van der Waals surface area contributed by atoms with Crippen molar-refractivity contribution < 1.29 is 9.72 Å². The van der Waals surface area contributed by atoms with Crippen molar-refractivity contribution >= 4 is 17.3 Å². The van der Waals surface area contributed by atoms with E-state index in [1.54, 1.807) is 29.4 Å². The first kappa shape index (κ1) is 12.7. The standard InChI is InChI=1S/C12H12N4O3/c1-8-5-10(14-9(2)17)12(16(18)19)6-11(8)15-4-3-13-7-15/h3-7H,1-2H3,(H,14,17). The first-order chi connectivity index (χ1) is 8.99. The van der Waals surface area contributed by atoms with E-state index in [-0.39, 0.29) is 17.3 Å². The molecule has 0 aliphatic heterocycles. The lowest BCUT2D eigenvalue weighted by Crippen LogP contribution is -2.09. The Labute approximate surface area is 109 Å². The number of nitro groups is 1. The van der Waals surface area contributed by atoms with Crippen LogP contribution >= 0.6 is 0 Å². The van der Waals surface area contributed by atoms with Crippen LogP contribution in [0.5, 0.6) is 0 Å². The highest BCUT2D eigenvalue weighted by atomic mass is 16.6. The van der Waals surface area contributed by atoms with E-state index in [0.29, 0.717) is 5.69 Å². The Balaban J connectivity index is 2.58. The molecule has 2 rings (SSSR count). The Morgan fingerprint density at radius 3 is 2.74 bits per heavy atom. The number of benzene rings is 1. The Kier molecular flexibility index (Phi) is 3.28. The van der Waals surface area contributed by atoms with Crippen LogP contribution in [0.2, 0.25) is 0 Å². The minimum Gasteiger partial charge on any atom is -0.321 e. The van der Waals surface area contributed by atoms with Crippen LogP contribution in [0.15, 0.2) is 30.9 Å². The number of anilines is 1. The van der Waals surface area contributed by atoms with Crippen molar-refractivity contribution in [3.63, 3.8) is 0 Å². The van der Waals surface area contributed by atoms with Crippen molar-refractivity contribution in [2.45, 2.75) is 13.8 Å². The van der Waals surface area contributed by atoms with Crippen LogP contribution in [0.3, 0.4) is 0 Å². The first-order valence-corrected chi connectivity index (χ1v) is 5.54. The van der Waals surface area contributed by atoms with Crippen LogP contribution in [0.25, 0.3) is 5.69 Å². The Morgan fingerprint density at radius 1 is 1.47 bits per heavy atom. The molecule has 0 atom stereocenters. The maximum absolute atomic E-state index is 11.1. The molecular formula is C12H12N4O3. The highest BCUT2D eigenvalue weighted by molar-refractivity contribution is 5.91. The molecule has 0 fully saturated rings. The quantitative estimate of drug-likeness (QED) is 0.675. The Hall–Kier alpha value is -2.70. The van der Waals surface area contributed by atoms with Crippen molar-refractivity contribution in [1.29, 1.82) is 0 Å². The number of aromatic nitrogens is 2. The van der Waals surface area contributed by atoms with Crippen LogP contribution in [-0.2, 0) is 4.79 Å². The molecule has 1 heterocycles. The second kappa shape index (κ2) is 4.89. The molecule has 0 radical (unpaired) electrons. The minimum absolute atomic E-state index is 0.149. The van der Waals surface area contributed by atoms with Crippen molar-refractivity contribution in [2.75, 3.05) is 5.32 Å². The van der Waals surface area contributed by atoms with Gasteiger partial charge >= 0.3 is 0 Å². The topological polar surface area (TPSA) is 90.1 Å². The summed E-state index contributed by atoms with van der Waals surface area (Å²) in [6.45, 7) is 3.12. The second-order valence-electron chi connectivity index (χ2n) is 4.06. The normalized spacial score (nSPS) is 10.2. The number of nitrogens with zero attached hydrogens (tertiary/aromatic N) is 3. The van der Waals surface area contributed by atoms with E-state index in [0.717, 1.165) is 5.56 Å². The number of hydrogen-bond acceptors (Lipinski definition) is 4. The summed E-state index contributed by atoms with van der Waals surface area (Å²) in [7, 11) is 0. The maximum Gasteiger partial charge on any atom is 0.294 e. The van der Waals surface area contributed by atoms with Gasteiger partial charge in [-0.05, 0) is 18.6 Å². The molecule has 98 valence electrons. The zero-order chi connectivity index (χ0) is 14.0. The molecular weight excluding hydrogens is 248 g/mol. The molecule has 0 spiro atoms. The number of carbonyl (C=O) groups is 1. The molecule has 1 aromatic heterocycles. The van der Waals surface area contributed by atoms with Crippen molar-refractivity contribution in [2.24, 2.45) is 0 Å². The SMILES string of the molecule is CC(=O)Nc1cc(C)c(-n2ccnc2)cc1[N+](=O)[O-]. The van der Waals surface area contributed by atoms with Gasteiger partial charge in [0, 0.05) is 25.4 Å². The van der Waals surface area contributed by atoms with Gasteiger partial charge in [0.05, 0.1) is 16.9 Å². The summed E-state index contributed by atoms with van der Waals surface area (Å²) in [5, 5.41) is 13.5. The largest absolute Gasteiger partial charge is 0.321 e. The highest BCUT2D eigenvalue weighted by Gasteiger charge is 2.18. The summed E-state index contributed by atoms with van der Waals surface area (Å²) >= 11 is 0. The van der Waals surface area contributed by atoms with Gasteiger partial charge in [0.1, 0.15) is 5.69 Å². The molecule has 1 N–H and O–H groups in total. The zero-order valence-corrected chi connectivity index (χ0v) is 10.5. The maximum atomic E-state index is 11.1. The van der Waals surface area contributed by atoms with Gasteiger partial charge in [0.15, 0.2) is 0 Å². The number of nitro benzene ring substituents is 1. The van der Waals surface area contributed by atoms with Crippen LogP contribution in [0, 0.1) is 17.0 Å². The number of imidazole rings is 1. The van der Waals surface area contributed by atoms with Gasteiger partial charge in [-0.1, -0.05) is 0 Å². The number of hydrogen-bond donors (Lipinski definition) is 1. The fourth-order valence-corrected chi connectivity index (χ4v) is 1.81. The number of aryl methyl sites for hydroxylation is 1. The third-order valence-electron chi connectivity index (χ3n) is 2.60. The molecule has 0 saturated heterocycles. The number of rotatable bonds is 3. The molecule has 0 aliphatic rings.